The third-order valence-electron chi connectivity index (χ3n) is 1.72. The lowest BCUT2D eigenvalue weighted by Gasteiger charge is -1.98. The highest BCUT2D eigenvalue weighted by Gasteiger charge is 2.07. The highest BCUT2D eigenvalue weighted by molar-refractivity contribution is 9.10. The maximum Gasteiger partial charge on any atom is 0.142 e. The summed E-state index contributed by atoms with van der Waals surface area (Å²) in [5.41, 5.74) is -0.172. The van der Waals surface area contributed by atoms with E-state index in [0.29, 0.717) is 17.4 Å². The van der Waals surface area contributed by atoms with Gasteiger partial charge in [-0.15, -0.1) is 0 Å². The molecule has 15 heavy (non-hydrogen) atoms. The summed E-state index contributed by atoms with van der Waals surface area (Å²) in [5, 5.41) is 2.89. The molecule has 0 bridgehead atoms. The third kappa shape index (κ3) is 3.61. The van der Waals surface area contributed by atoms with Crippen LogP contribution in [0.3, 0.4) is 0 Å². The Morgan fingerprint density at radius 1 is 1.33 bits per heavy atom. The van der Waals surface area contributed by atoms with E-state index in [1.165, 1.54) is 12.1 Å². The van der Waals surface area contributed by atoms with E-state index in [4.69, 9.17) is 0 Å². The van der Waals surface area contributed by atoms with Crippen LogP contribution >= 0.6 is 15.9 Å². The molecule has 0 atom stereocenters. The summed E-state index contributed by atoms with van der Waals surface area (Å²) in [4.78, 5) is 0. The molecule has 0 aromatic heterocycles. The molecular weight excluding hydrogens is 264 g/mol. The zero-order valence-corrected chi connectivity index (χ0v) is 9.79. The lowest BCUT2D eigenvalue weighted by molar-refractivity contribution is 0.576. The summed E-state index contributed by atoms with van der Waals surface area (Å²) in [7, 11) is 1.79. The molecule has 0 aliphatic rings. The second kappa shape index (κ2) is 5.84. The van der Waals surface area contributed by atoms with Crippen molar-refractivity contribution < 1.29 is 8.78 Å². The Labute approximate surface area is 96.0 Å². The molecule has 0 radical (unpaired) electrons. The van der Waals surface area contributed by atoms with Gasteiger partial charge in [-0.2, -0.15) is 0 Å². The Morgan fingerprint density at radius 3 is 2.47 bits per heavy atom. The maximum absolute atomic E-state index is 13.2. The second-order valence-electron chi connectivity index (χ2n) is 2.90. The topological polar surface area (TPSA) is 12.0 Å². The van der Waals surface area contributed by atoms with Gasteiger partial charge in [0.1, 0.15) is 11.6 Å². The molecule has 1 nitrogen and oxygen atoms in total. The molecule has 80 valence electrons. The molecule has 0 aliphatic heterocycles. The summed E-state index contributed by atoms with van der Waals surface area (Å²) >= 11 is 3.00. The number of hydrogen-bond donors (Lipinski definition) is 1. The molecular formula is C11H10BrF2N. The maximum atomic E-state index is 13.2. The zero-order valence-electron chi connectivity index (χ0n) is 8.20. The summed E-state index contributed by atoms with van der Waals surface area (Å²) in [6.07, 6.45) is 0.561. The Morgan fingerprint density at radius 2 is 1.93 bits per heavy atom. The highest BCUT2D eigenvalue weighted by Crippen LogP contribution is 2.18. The molecule has 0 spiro atoms. The average molecular weight is 274 g/mol. The van der Waals surface area contributed by atoms with Crippen molar-refractivity contribution in [3.05, 3.63) is 33.8 Å². The summed E-state index contributed by atoms with van der Waals surface area (Å²) in [5.74, 6) is 3.90. The van der Waals surface area contributed by atoms with Crippen LogP contribution in [0, 0.1) is 23.5 Å². The molecule has 1 rings (SSSR count). The predicted octanol–water partition coefficient (Wildman–Crippen LogP) is 2.69. The molecule has 0 heterocycles. The second-order valence-corrected chi connectivity index (χ2v) is 3.82. The van der Waals surface area contributed by atoms with Crippen LogP contribution < -0.4 is 5.32 Å². The van der Waals surface area contributed by atoms with Crippen LogP contribution in [0.15, 0.2) is 16.6 Å². The van der Waals surface area contributed by atoms with Crippen LogP contribution in [-0.4, -0.2) is 13.6 Å². The number of rotatable bonds is 2. The van der Waals surface area contributed by atoms with Gasteiger partial charge in [-0.05, 0) is 19.2 Å². The molecule has 0 unspecified atom stereocenters. The van der Waals surface area contributed by atoms with Gasteiger partial charge in [-0.1, -0.05) is 27.8 Å². The van der Waals surface area contributed by atoms with Crippen LogP contribution in [-0.2, 0) is 0 Å². The average Bonchev–Trinajstić information content (AvgIpc) is 2.15. The smallest absolute Gasteiger partial charge is 0.142 e. The van der Waals surface area contributed by atoms with Gasteiger partial charge in [0.25, 0.3) is 0 Å². The normalized spacial score (nSPS) is 9.60. The van der Waals surface area contributed by atoms with Crippen molar-refractivity contribution in [2.45, 2.75) is 6.42 Å². The molecule has 1 aromatic rings. The first-order chi connectivity index (χ1) is 7.15. The largest absolute Gasteiger partial charge is 0.319 e. The summed E-state index contributed by atoms with van der Waals surface area (Å²) < 4.78 is 26.8. The predicted molar refractivity (Wildman–Crippen MR) is 59.5 cm³/mol. The van der Waals surface area contributed by atoms with Crippen LogP contribution in [0.25, 0.3) is 0 Å². The van der Waals surface area contributed by atoms with Gasteiger partial charge in [0.05, 0.1) is 5.56 Å². The van der Waals surface area contributed by atoms with Crippen molar-refractivity contribution in [2.24, 2.45) is 0 Å². The third-order valence-corrected chi connectivity index (χ3v) is 2.18. The fourth-order valence-electron chi connectivity index (χ4n) is 1.00. The van der Waals surface area contributed by atoms with Crippen molar-refractivity contribution in [1.82, 2.24) is 5.32 Å². The molecule has 0 aliphatic carbocycles. The van der Waals surface area contributed by atoms with E-state index in [2.05, 4.69) is 33.1 Å². The first-order valence-electron chi connectivity index (χ1n) is 4.43. The summed E-state index contributed by atoms with van der Waals surface area (Å²) in [6.45, 7) is 0.701. The molecule has 0 saturated heterocycles. The molecule has 1 N–H and O–H groups in total. The molecule has 0 saturated carbocycles. The zero-order chi connectivity index (χ0) is 11.3. The monoisotopic (exact) mass is 273 g/mol. The van der Waals surface area contributed by atoms with Crippen molar-refractivity contribution in [3.63, 3.8) is 0 Å². The van der Waals surface area contributed by atoms with Crippen LogP contribution in [0.4, 0.5) is 8.78 Å². The fourth-order valence-corrected chi connectivity index (χ4v) is 1.40. The van der Waals surface area contributed by atoms with Crippen molar-refractivity contribution in [3.8, 4) is 11.8 Å². The first kappa shape index (κ1) is 12.2. The number of nitrogens with one attached hydrogen (secondary N) is 1. The van der Waals surface area contributed by atoms with Gasteiger partial charge in [-0.3, -0.25) is 0 Å². The van der Waals surface area contributed by atoms with Crippen molar-refractivity contribution in [2.75, 3.05) is 13.6 Å². The molecule has 1 aromatic carbocycles. The SMILES string of the molecule is CNCCC#Cc1c(F)cc(Br)cc1F. The van der Waals surface area contributed by atoms with E-state index in [9.17, 15) is 8.78 Å². The minimum Gasteiger partial charge on any atom is -0.319 e. The Kier molecular flexibility index (Phi) is 4.73. The minimum absolute atomic E-state index is 0.172. The Bertz CT molecular complexity index is 384. The standard InChI is InChI=1S/C11H10BrF2N/c1-15-5-3-2-4-9-10(13)6-8(12)7-11(9)14/h6-7,15H,3,5H2,1H3. The van der Waals surface area contributed by atoms with Gasteiger partial charge >= 0.3 is 0 Å². The Balaban J connectivity index is 2.88. The van der Waals surface area contributed by atoms with Gasteiger partial charge in [-0.25, -0.2) is 8.78 Å². The molecule has 4 heteroatoms. The van der Waals surface area contributed by atoms with E-state index in [-0.39, 0.29) is 5.56 Å². The first-order valence-corrected chi connectivity index (χ1v) is 5.22. The Hall–Kier alpha value is -0.920. The fraction of sp³-hybridized carbons (Fsp3) is 0.273. The number of halogens is 3. The van der Waals surface area contributed by atoms with Gasteiger partial charge < -0.3 is 5.32 Å². The highest BCUT2D eigenvalue weighted by atomic mass is 79.9. The van der Waals surface area contributed by atoms with Crippen LogP contribution in [0.5, 0.6) is 0 Å². The van der Waals surface area contributed by atoms with E-state index in [0.717, 1.165) is 0 Å². The minimum atomic E-state index is -0.640. The molecule has 0 fully saturated rings. The lowest BCUT2D eigenvalue weighted by Crippen LogP contribution is -2.06. The van der Waals surface area contributed by atoms with Crippen LogP contribution in [0.2, 0.25) is 0 Å². The van der Waals surface area contributed by atoms with Crippen molar-refractivity contribution >= 4 is 15.9 Å². The molecule has 0 amide bonds. The van der Waals surface area contributed by atoms with Crippen molar-refractivity contribution in [1.29, 1.82) is 0 Å². The van der Waals surface area contributed by atoms with Gasteiger partial charge in [0.15, 0.2) is 0 Å². The van der Waals surface area contributed by atoms with E-state index < -0.39 is 11.6 Å². The van der Waals surface area contributed by atoms with Gasteiger partial charge in [0.2, 0.25) is 0 Å². The van der Waals surface area contributed by atoms with E-state index >= 15 is 0 Å². The summed E-state index contributed by atoms with van der Waals surface area (Å²) in [6, 6.07) is 2.40. The number of benzene rings is 1. The number of hydrogen-bond acceptors (Lipinski definition) is 1. The van der Waals surface area contributed by atoms with E-state index in [1.807, 2.05) is 0 Å². The van der Waals surface area contributed by atoms with E-state index in [1.54, 1.807) is 7.05 Å². The van der Waals surface area contributed by atoms with Gasteiger partial charge in [0, 0.05) is 17.4 Å². The lowest BCUT2D eigenvalue weighted by atomic mass is 10.2. The van der Waals surface area contributed by atoms with Crippen LogP contribution in [0.1, 0.15) is 12.0 Å². The quantitative estimate of drug-likeness (QED) is 0.646.